The van der Waals surface area contributed by atoms with E-state index in [1.807, 2.05) is 66.7 Å². The van der Waals surface area contributed by atoms with E-state index in [1.54, 1.807) is 18.3 Å². The normalized spacial score (nSPS) is 11.1. The lowest BCUT2D eigenvalue weighted by atomic mass is 10.2. The predicted octanol–water partition coefficient (Wildman–Crippen LogP) is 3.86. The summed E-state index contributed by atoms with van der Waals surface area (Å²) in [6, 6.07) is 24.8. The summed E-state index contributed by atoms with van der Waals surface area (Å²) in [7, 11) is 0. The highest BCUT2D eigenvalue weighted by Crippen LogP contribution is 2.14. The zero-order chi connectivity index (χ0) is 18.5. The van der Waals surface area contributed by atoms with E-state index in [1.165, 1.54) is 11.0 Å². The Balaban J connectivity index is 1.53. The molecule has 5 heteroatoms. The number of fused-ring (bicyclic) bond motifs is 1. The topological polar surface area (TPSA) is 56.5 Å². The van der Waals surface area contributed by atoms with Crippen LogP contribution >= 0.6 is 0 Å². The molecule has 0 saturated heterocycles. The Bertz CT molecular complexity index is 1150. The Hall–Kier alpha value is -3.73. The van der Waals surface area contributed by atoms with Gasteiger partial charge >= 0.3 is 0 Å². The lowest BCUT2D eigenvalue weighted by Crippen LogP contribution is -2.16. The summed E-state index contributed by atoms with van der Waals surface area (Å²) in [6.45, 7) is 0.496. The van der Waals surface area contributed by atoms with Crippen LogP contribution in [0.25, 0.3) is 10.9 Å². The fraction of sp³-hybridized carbons (Fsp3) is 0.0455. The van der Waals surface area contributed by atoms with Gasteiger partial charge in [0.05, 0.1) is 17.1 Å². The number of ether oxygens (including phenoxy) is 1. The Morgan fingerprint density at radius 1 is 0.963 bits per heavy atom. The average Bonchev–Trinajstić information content (AvgIpc) is 2.73. The van der Waals surface area contributed by atoms with E-state index in [0.29, 0.717) is 17.5 Å². The molecule has 0 atom stereocenters. The summed E-state index contributed by atoms with van der Waals surface area (Å²) in [5.41, 5.74) is 2.39. The number of rotatable bonds is 5. The average molecular weight is 355 g/mol. The number of benzene rings is 3. The van der Waals surface area contributed by atoms with Crippen molar-refractivity contribution >= 4 is 17.1 Å². The van der Waals surface area contributed by atoms with E-state index in [0.717, 1.165) is 16.9 Å². The number of hydrogen-bond acceptors (Lipinski definition) is 4. The van der Waals surface area contributed by atoms with Crippen molar-refractivity contribution in [3.05, 3.63) is 107 Å². The maximum absolute atomic E-state index is 12.5. The third-order valence-electron chi connectivity index (χ3n) is 4.09. The third-order valence-corrected chi connectivity index (χ3v) is 4.09. The van der Waals surface area contributed by atoms with Crippen LogP contribution in [0.15, 0.2) is 95.1 Å². The number of nitrogens with zero attached hydrogens (tertiary/aromatic N) is 3. The smallest absolute Gasteiger partial charge is 0.281 e. The summed E-state index contributed by atoms with van der Waals surface area (Å²) in [5, 5.41) is 4.79. The van der Waals surface area contributed by atoms with E-state index in [-0.39, 0.29) is 5.56 Å². The highest BCUT2D eigenvalue weighted by molar-refractivity contribution is 5.80. The summed E-state index contributed by atoms with van der Waals surface area (Å²) in [4.78, 5) is 16.7. The number of para-hydroxylation sites is 1. The molecule has 0 saturated carbocycles. The van der Waals surface area contributed by atoms with Crippen molar-refractivity contribution in [2.75, 3.05) is 0 Å². The van der Waals surface area contributed by atoms with Crippen molar-refractivity contribution < 1.29 is 4.74 Å². The minimum Gasteiger partial charge on any atom is -0.489 e. The van der Waals surface area contributed by atoms with E-state index in [2.05, 4.69) is 10.1 Å². The molecule has 3 aromatic carbocycles. The predicted molar refractivity (Wildman–Crippen MR) is 106 cm³/mol. The third kappa shape index (κ3) is 3.93. The molecule has 4 aromatic rings. The van der Waals surface area contributed by atoms with Crippen LogP contribution in [-0.4, -0.2) is 15.9 Å². The standard InChI is InChI=1S/C22H17N3O2/c26-22-20-11-4-5-12-21(20)23-16-25(22)24-14-18-9-6-10-19(13-18)27-15-17-7-2-1-3-8-17/h1-14,16H,15H2/b24-14+. The first-order chi connectivity index (χ1) is 13.3. The first-order valence-corrected chi connectivity index (χ1v) is 8.57. The second-order valence-electron chi connectivity index (χ2n) is 6.00. The van der Waals surface area contributed by atoms with Crippen LogP contribution in [0.4, 0.5) is 0 Å². The largest absolute Gasteiger partial charge is 0.489 e. The van der Waals surface area contributed by atoms with Crippen LogP contribution in [0.1, 0.15) is 11.1 Å². The van der Waals surface area contributed by atoms with Gasteiger partial charge in [-0.05, 0) is 35.4 Å². The van der Waals surface area contributed by atoms with E-state index < -0.39 is 0 Å². The molecule has 0 aliphatic rings. The van der Waals surface area contributed by atoms with Crippen molar-refractivity contribution in [3.8, 4) is 5.75 Å². The van der Waals surface area contributed by atoms with E-state index in [9.17, 15) is 4.79 Å². The van der Waals surface area contributed by atoms with Gasteiger partial charge in [-0.3, -0.25) is 4.79 Å². The quantitative estimate of drug-likeness (QED) is 0.511. The lowest BCUT2D eigenvalue weighted by Gasteiger charge is -2.06. The van der Waals surface area contributed by atoms with Crippen molar-refractivity contribution in [1.29, 1.82) is 0 Å². The van der Waals surface area contributed by atoms with Gasteiger partial charge in [0.2, 0.25) is 0 Å². The Labute approximate surface area is 156 Å². The van der Waals surface area contributed by atoms with Gasteiger partial charge in [0.25, 0.3) is 5.56 Å². The van der Waals surface area contributed by atoms with Crippen LogP contribution < -0.4 is 10.3 Å². The SMILES string of the molecule is O=c1c2ccccc2ncn1/N=C/c1cccc(OCc2ccccc2)c1. The molecule has 0 unspecified atom stereocenters. The summed E-state index contributed by atoms with van der Waals surface area (Å²) in [5.74, 6) is 0.742. The van der Waals surface area contributed by atoms with Crippen molar-refractivity contribution in [3.63, 3.8) is 0 Å². The van der Waals surface area contributed by atoms with Gasteiger partial charge in [0, 0.05) is 0 Å². The molecule has 0 bridgehead atoms. The van der Waals surface area contributed by atoms with E-state index in [4.69, 9.17) is 4.74 Å². The molecule has 1 heterocycles. The van der Waals surface area contributed by atoms with Gasteiger partial charge in [-0.15, -0.1) is 0 Å². The summed E-state index contributed by atoms with van der Waals surface area (Å²) >= 11 is 0. The van der Waals surface area contributed by atoms with Gasteiger partial charge < -0.3 is 4.74 Å². The maximum atomic E-state index is 12.5. The zero-order valence-electron chi connectivity index (χ0n) is 14.5. The Morgan fingerprint density at radius 3 is 2.67 bits per heavy atom. The van der Waals surface area contributed by atoms with Crippen LogP contribution in [0.5, 0.6) is 5.75 Å². The van der Waals surface area contributed by atoms with Gasteiger partial charge in [0.1, 0.15) is 18.7 Å². The molecular formula is C22H17N3O2. The van der Waals surface area contributed by atoms with Crippen LogP contribution in [0.2, 0.25) is 0 Å². The zero-order valence-corrected chi connectivity index (χ0v) is 14.5. The number of hydrogen-bond donors (Lipinski definition) is 0. The second kappa shape index (κ2) is 7.66. The van der Waals surface area contributed by atoms with Crippen molar-refractivity contribution in [1.82, 2.24) is 9.66 Å². The van der Waals surface area contributed by atoms with Crippen LogP contribution in [0, 0.1) is 0 Å². The molecular weight excluding hydrogens is 338 g/mol. The van der Waals surface area contributed by atoms with Crippen molar-refractivity contribution in [2.45, 2.75) is 6.61 Å². The molecule has 132 valence electrons. The highest BCUT2D eigenvalue weighted by atomic mass is 16.5. The monoisotopic (exact) mass is 355 g/mol. The van der Waals surface area contributed by atoms with Gasteiger partial charge in [-0.1, -0.05) is 54.6 Å². The molecule has 0 aliphatic carbocycles. The molecule has 1 aromatic heterocycles. The fourth-order valence-electron chi connectivity index (χ4n) is 2.70. The van der Waals surface area contributed by atoms with Crippen LogP contribution in [0.3, 0.4) is 0 Å². The maximum Gasteiger partial charge on any atom is 0.281 e. The molecule has 0 radical (unpaired) electrons. The van der Waals surface area contributed by atoms with Crippen molar-refractivity contribution in [2.24, 2.45) is 5.10 Å². The molecule has 0 aliphatic heterocycles. The molecule has 0 spiro atoms. The summed E-state index contributed by atoms with van der Waals surface area (Å²) in [6.07, 6.45) is 3.05. The molecule has 0 fully saturated rings. The lowest BCUT2D eigenvalue weighted by molar-refractivity contribution is 0.306. The Morgan fingerprint density at radius 2 is 1.78 bits per heavy atom. The van der Waals surface area contributed by atoms with Gasteiger partial charge in [0.15, 0.2) is 0 Å². The van der Waals surface area contributed by atoms with E-state index >= 15 is 0 Å². The second-order valence-corrected chi connectivity index (χ2v) is 6.00. The number of aromatic nitrogens is 2. The molecule has 5 nitrogen and oxygen atoms in total. The molecule has 0 N–H and O–H groups in total. The molecule has 4 rings (SSSR count). The summed E-state index contributed by atoms with van der Waals surface area (Å²) < 4.78 is 7.06. The first kappa shape index (κ1) is 16.7. The molecule has 0 amide bonds. The highest BCUT2D eigenvalue weighted by Gasteiger charge is 2.02. The Kier molecular flexibility index (Phi) is 4.74. The first-order valence-electron chi connectivity index (χ1n) is 8.57. The van der Waals surface area contributed by atoms with Gasteiger partial charge in [-0.2, -0.15) is 9.78 Å². The van der Waals surface area contributed by atoms with Crippen LogP contribution in [-0.2, 0) is 6.61 Å². The van der Waals surface area contributed by atoms with Gasteiger partial charge in [-0.25, -0.2) is 4.98 Å². The minimum atomic E-state index is -0.201. The minimum absolute atomic E-state index is 0.201. The fourth-order valence-corrected chi connectivity index (χ4v) is 2.70. The molecule has 27 heavy (non-hydrogen) atoms.